The van der Waals surface area contributed by atoms with Crippen LogP contribution < -0.4 is 5.32 Å². The molecule has 3 rings (SSSR count). The SMILES string of the molecule is CCCN(CCC)C(=O)c1ccc(Nc2cccc3cccnc23)nc1. The van der Waals surface area contributed by atoms with Gasteiger partial charge in [0.1, 0.15) is 5.82 Å². The molecule has 1 N–H and O–H groups in total. The molecule has 0 saturated heterocycles. The van der Waals surface area contributed by atoms with Crippen molar-refractivity contribution in [3.05, 3.63) is 60.4 Å². The van der Waals surface area contributed by atoms with Crippen molar-refractivity contribution in [1.29, 1.82) is 0 Å². The van der Waals surface area contributed by atoms with Crippen molar-refractivity contribution in [2.75, 3.05) is 18.4 Å². The third kappa shape index (κ3) is 3.99. The van der Waals surface area contributed by atoms with Crippen LogP contribution in [0.2, 0.25) is 0 Å². The second-order valence-electron chi connectivity index (χ2n) is 6.23. The highest BCUT2D eigenvalue weighted by Crippen LogP contribution is 2.23. The first-order valence-corrected chi connectivity index (χ1v) is 9.09. The van der Waals surface area contributed by atoms with Crippen LogP contribution in [0.5, 0.6) is 0 Å². The molecule has 0 aliphatic carbocycles. The number of pyridine rings is 2. The lowest BCUT2D eigenvalue weighted by atomic mass is 10.2. The van der Waals surface area contributed by atoms with Crippen molar-refractivity contribution in [1.82, 2.24) is 14.9 Å². The van der Waals surface area contributed by atoms with Crippen LogP contribution in [0, 0.1) is 0 Å². The third-order valence-corrected chi connectivity index (χ3v) is 4.18. The van der Waals surface area contributed by atoms with Gasteiger partial charge in [-0.05, 0) is 37.1 Å². The van der Waals surface area contributed by atoms with E-state index in [9.17, 15) is 4.79 Å². The average Bonchev–Trinajstić information content (AvgIpc) is 2.68. The predicted octanol–water partition coefficient (Wildman–Crippen LogP) is 4.64. The Morgan fingerprint density at radius 1 is 1.00 bits per heavy atom. The number of carbonyl (C=O) groups excluding carboxylic acids is 1. The molecule has 0 radical (unpaired) electrons. The molecule has 1 aromatic carbocycles. The molecular formula is C21H24N4O. The largest absolute Gasteiger partial charge is 0.339 e. The van der Waals surface area contributed by atoms with Crippen molar-refractivity contribution in [3.8, 4) is 0 Å². The Morgan fingerprint density at radius 2 is 1.77 bits per heavy atom. The quantitative estimate of drug-likeness (QED) is 0.676. The molecule has 1 amide bonds. The second-order valence-corrected chi connectivity index (χ2v) is 6.23. The number of amides is 1. The van der Waals surface area contributed by atoms with Crippen LogP contribution in [0.3, 0.4) is 0 Å². The smallest absolute Gasteiger partial charge is 0.255 e. The maximum absolute atomic E-state index is 12.6. The molecule has 0 atom stereocenters. The van der Waals surface area contributed by atoms with E-state index in [1.54, 1.807) is 12.4 Å². The summed E-state index contributed by atoms with van der Waals surface area (Å²) in [6.45, 7) is 5.71. The minimum atomic E-state index is 0.0413. The lowest BCUT2D eigenvalue weighted by molar-refractivity contribution is 0.0755. The third-order valence-electron chi connectivity index (χ3n) is 4.18. The van der Waals surface area contributed by atoms with Gasteiger partial charge < -0.3 is 10.2 Å². The monoisotopic (exact) mass is 348 g/mol. The minimum absolute atomic E-state index is 0.0413. The summed E-state index contributed by atoms with van der Waals surface area (Å²) in [6.07, 6.45) is 5.32. The number of benzene rings is 1. The van der Waals surface area contributed by atoms with E-state index in [0.717, 1.165) is 42.5 Å². The molecule has 2 heterocycles. The number of carbonyl (C=O) groups is 1. The molecule has 5 heteroatoms. The lowest BCUT2D eigenvalue weighted by Gasteiger charge is -2.21. The molecule has 0 bridgehead atoms. The normalized spacial score (nSPS) is 10.7. The predicted molar refractivity (Wildman–Crippen MR) is 106 cm³/mol. The summed E-state index contributed by atoms with van der Waals surface area (Å²) in [4.78, 5) is 23.4. The molecule has 2 aromatic heterocycles. The molecule has 0 spiro atoms. The summed E-state index contributed by atoms with van der Waals surface area (Å²) < 4.78 is 0. The number of fused-ring (bicyclic) bond motifs is 1. The lowest BCUT2D eigenvalue weighted by Crippen LogP contribution is -2.32. The maximum Gasteiger partial charge on any atom is 0.255 e. The van der Waals surface area contributed by atoms with E-state index in [1.165, 1.54) is 0 Å². The van der Waals surface area contributed by atoms with Crippen LogP contribution in [0.4, 0.5) is 11.5 Å². The van der Waals surface area contributed by atoms with Crippen molar-refractivity contribution in [2.45, 2.75) is 26.7 Å². The summed E-state index contributed by atoms with van der Waals surface area (Å²) in [7, 11) is 0. The summed E-state index contributed by atoms with van der Waals surface area (Å²) in [5.41, 5.74) is 2.41. The number of rotatable bonds is 7. The Balaban J connectivity index is 1.78. The summed E-state index contributed by atoms with van der Waals surface area (Å²) in [5, 5.41) is 4.36. The van der Waals surface area contributed by atoms with E-state index in [4.69, 9.17) is 0 Å². The number of nitrogens with one attached hydrogen (secondary N) is 1. The van der Waals surface area contributed by atoms with Crippen molar-refractivity contribution >= 4 is 28.3 Å². The number of nitrogens with zero attached hydrogens (tertiary/aromatic N) is 3. The van der Waals surface area contributed by atoms with Gasteiger partial charge in [0.2, 0.25) is 0 Å². The van der Waals surface area contributed by atoms with E-state index in [0.29, 0.717) is 11.4 Å². The Kier molecular flexibility index (Phi) is 5.79. The van der Waals surface area contributed by atoms with Crippen LogP contribution in [0.15, 0.2) is 54.9 Å². The van der Waals surface area contributed by atoms with Gasteiger partial charge in [-0.25, -0.2) is 4.98 Å². The molecule has 0 aliphatic rings. The fraction of sp³-hybridized carbons (Fsp3) is 0.286. The summed E-state index contributed by atoms with van der Waals surface area (Å²) in [6, 6.07) is 13.6. The van der Waals surface area contributed by atoms with E-state index >= 15 is 0 Å². The van der Waals surface area contributed by atoms with E-state index in [-0.39, 0.29) is 5.91 Å². The van der Waals surface area contributed by atoms with E-state index in [1.807, 2.05) is 47.4 Å². The van der Waals surface area contributed by atoms with Crippen molar-refractivity contribution < 1.29 is 4.79 Å². The van der Waals surface area contributed by atoms with Gasteiger partial charge >= 0.3 is 0 Å². The van der Waals surface area contributed by atoms with Crippen LogP contribution in [0.25, 0.3) is 10.9 Å². The zero-order chi connectivity index (χ0) is 18.4. The Labute approximate surface area is 154 Å². The van der Waals surface area contributed by atoms with Gasteiger partial charge in [-0.3, -0.25) is 9.78 Å². The standard InChI is InChI=1S/C21H24N4O/c1-3-13-25(14-4-2)21(26)17-10-11-19(23-15-17)24-18-9-5-7-16-8-6-12-22-20(16)18/h5-12,15H,3-4,13-14H2,1-2H3,(H,23,24). The number of para-hydroxylation sites is 1. The molecule has 0 unspecified atom stereocenters. The van der Waals surface area contributed by atoms with Crippen molar-refractivity contribution in [2.24, 2.45) is 0 Å². The zero-order valence-corrected chi connectivity index (χ0v) is 15.3. The fourth-order valence-electron chi connectivity index (χ4n) is 2.97. The average molecular weight is 348 g/mol. The van der Waals surface area contributed by atoms with E-state index in [2.05, 4.69) is 29.1 Å². The Hall–Kier alpha value is -2.95. The molecule has 26 heavy (non-hydrogen) atoms. The highest BCUT2D eigenvalue weighted by Gasteiger charge is 2.14. The zero-order valence-electron chi connectivity index (χ0n) is 15.3. The Morgan fingerprint density at radius 3 is 2.46 bits per heavy atom. The maximum atomic E-state index is 12.6. The van der Waals surface area contributed by atoms with Gasteiger partial charge in [0.15, 0.2) is 0 Å². The van der Waals surface area contributed by atoms with Gasteiger partial charge in [0.25, 0.3) is 5.91 Å². The molecule has 134 valence electrons. The topological polar surface area (TPSA) is 58.1 Å². The molecule has 0 saturated carbocycles. The molecule has 0 fully saturated rings. The number of anilines is 2. The first-order valence-electron chi connectivity index (χ1n) is 9.09. The fourth-order valence-corrected chi connectivity index (χ4v) is 2.97. The summed E-state index contributed by atoms with van der Waals surface area (Å²) in [5.74, 6) is 0.733. The van der Waals surface area contributed by atoms with Gasteiger partial charge in [-0.2, -0.15) is 0 Å². The number of hydrogen-bond acceptors (Lipinski definition) is 4. The molecule has 3 aromatic rings. The van der Waals surface area contributed by atoms with Crippen molar-refractivity contribution in [3.63, 3.8) is 0 Å². The molecule has 0 aliphatic heterocycles. The second kappa shape index (κ2) is 8.43. The minimum Gasteiger partial charge on any atom is -0.339 e. The first kappa shape index (κ1) is 17.9. The van der Waals surface area contributed by atoms with Gasteiger partial charge in [-0.1, -0.05) is 32.0 Å². The van der Waals surface area contributed by atoms with Crippen LogP contribution in [0.1, 0.15) is 37.0 Å². The van der Waals surface area contributed by atoms with Gasteiger partial charge in [0.05, 0.1) is 16.8 Å². The number of hydrogen-bond donors (Lipinski definition) is 1. The van der Waals surface area contributed by atoms with Gasteiger partial charge in [0, 0.05) is 30.9 Å². The number of aromatic nitrogens is 2. The van der Waals surface area contributed by atoms with Crippen LogP contribution in [-0.2, 0) is 0 Å². The summed E-state index contributed by atoms with van der Waals surface area (Å²) >= 11 is 0. The molecular weight excluding hydrogens is 324 g/mol. The molecule has 5 nitrogen and oxygen atoms in total. The van der Waals surface area contributed by atoms with Crippen LogP contribution >= 0.6 is 0 Å². The first-order chi connectivity index (χ1) is 12.7. The highest BCUT2D eigenvalue weighted by atomic mass is 16.2. The van der Waals surface area contributed by atoms with Crippen LogP contribution in [-0.4, -0.2) is 33.9 Å². The Bertz CT molecular complexity index is 865. The van der Waals surface area contributed by atoms with Gasteiger partial charge in [-0.15, -0.1) is 0 Å². The highest BCUT2D eigenvalue weighted by molar-refractivity contribution is 5.94. The van der Waals surface area contributed by atoms with E-state index < -0.39 is 0 Å².